The summed E-state index contributed by atoms with van der Waals surface area (Å²) in [5.41, 5.74) is 5.75. The fourth-order valence-electron chi connectivity index (χ4n) is 2.33. The molecule has 1 aliphatic rings. The van der Waals surface area contributed by atoms with Gasteiger partial charge >= 0.3 is 0 Å². The maximum absolute atomic E-state index is 5.75. The van der Waals surface area contributed by atoms with Crippen molar-refractivity contribution in [1.82, 2.24) is 5.32 Å². The monoisotopic (exact) mass is 225 g/mol. The first-order valence-electron chi connectivity index (χ1n) is 6.64. The average molecular weight is 225 g/mol. The number of rotatable bonds is 4. The Morgan fingerprint density at radius 3 is 2.50 bits per heavy atom. The van der Waals surface area contributed by atoms with Crippen LogP contribution in [0.4, 0.5) is 0 Å². The van der Waals surface area contributed by atoms with Gasteiger partial charge < -0.3 is 11.1 Å². The van der Waals surface area contributed by atoms with Gasteiger partial charge in [-0.05, 0) is 32.1 Å². The summed E-state index contributed by atoms with van der Waals surface area (Å²) in [5, 5.41) is 3.12. The van der Waals surface area contributed by atoms with Gasteiger partial charge in [-0.2, -0.15) is 0 Å². The van der Waals surface area contributed by atoms with E-state index in [9.17, 15) is 0 Å². The SMILES string of the molecule is CC1CCC(CCN=C(N)NC(C)C)CC1. The van der Waals surface area contributed by atoms with Crippen molar-refractivity contribution < 1.29 is 0 Å². The average Bonchev–Trinajstić information content (AvgIpc) is 2.20. The van der Waals surface area contributed by atoms with Crippen LogP contribution >= 0.6 is 0 Å². The molecule has 16 heavy (non-hydrogen) atoms. The van der Waals surface area contributed by atoms with E-state index in [2.05, 4.69) is 31.1 Å². The lowest BCUT2D eigenvalue weighted by molar-refractivity contribution is 0.280. The number of guanidine groups is 1. The van der Waals surface area contributed by atoms with Gasteiger partial charge in [-0.25, -0.2) is 0 Å². The molecule has 1 aliphatic carbocycles. The number of aliphatic imine (C=N–C) groups is 1. The van der Waals surface area contributed by atoms with E-state index in [1.165, 1.54) is 32.1 Å². The Balaban J connectivity index is 2.15. The number of hydrogen-bond donors (Lipinski definition) is 2. The van der Waals surface area contributed by atoms with Crippen molar-refractivity contribution in [3.63, 3.8) is 0 Å². The van der Waals surface area contributed by atoms with Crippen LogP contribution in [0.2, 0.25) is 0 Å². The molecular weight excluding hydrogens is 198 g/mol. The fraction of sp³-hybridized carbons (Fsp3) is 0.923. The van der Waals surface area contributed by atoms with Crippen molar-refractivity contribution in [2.45, 2.75) is 58.9 Å². The molecule has 0 unspecified atom stereocenters. The minimum Gasteiger partial charge on any atom is -0.370 e. The third-order valence-electron chi connectivity index (χ3n) is 3.39. The topological polar surface area (TPSA) is 50.4 Å². The maximum atomic E-state index is 5.75. The van der Waals surface area contributed by atoms with E-state index in [0.717, 1.165) is 18.4 Å². The number of nitrogens with one attached hydrogen (secondary N) is 1. The normalized spacial score (nSPS) is 27.1. The van der Waals surface area contributed by atoms with Crippen LogP contribution in [0.1, 0.15) is 52.9 Å². The van der Waals surface area contributed by atoms with Gasteiger partial charge in [0.15, 0.2) is 5.96 Å². The third-order valence-corrected chi connectivity index (χ3v) is 3.39. The summed E-state index contributed by atoms with van der Waals surface area (Å²) < 4.78 is 0. The molecule has 1 saturated carbocycles. The molecule has 3 nitrogen and oxygen atoms in total. The molecule has 0 aliphatic heterocycles. The molecule has 0 aromatic carbocycles. The minimum absolute atomic E-state index is 0.374. The van der Waals surface area contributed by atoms with Crippen molar-refractivity contribution in [2.24, 2.45) is 22.6 Å². The molecule has 0 amide bonds. The first-order valence-corrected chi connectivity index (χ1v) is 6.64. The van der Waals surface area contributed by atoms with Gasteiger partial charge in [0.1, 0.15) is 0 Å². The van der Waals surface area contributed by atoms with E-state index in [0.29, 0.717) is 12.0 Å². The predicted octanol–water partition coefficient (Wildman–Crippen LogP) is 2.52. The number of nitrogens with zero attached hydrogens (tertiary/aromatic N) is 1. The van der Waals surface area contributed by atoms with Crippen LogP contribution in [0.5, 0.6) is 0 Å². The molecule has 0 radical (unpaired) electrons. The van der Waals surface area contributed by atoms with Crippen molar-refractivity contribution in [3.05, 3.63) is 0 Å². The highest BCUT2D eigenvalue weighted by Crippen LogP contribution is 2.30. The largest absolute Gasteiger partial charge is 0.370 e. The molecule has 0 bridgehead atoms. The van der Waals surface area contributed by atoms with E-state index in [4.69, 9.17) is 5.73 Å². The van der Waals surface area contributed by atoms with E-state index < -0.39 is 0 Å². The van der Waals surface area contributed by atoms with Gasteiger partial charge in [0.05, 0.1) is 0 Å². The zero-order chi connectivity index (χ0) is 12.0. The maximum Gasteiger partial charge on any atom is 0.188 e. The Kier molecular flexibility index (Phi) is 5.64. The van der Waals surface area contributed by atoms with E-state index >= 15 is 0 Å². The first-order chi connectivity index (χ1) is 7.58. The summed E-state index contributed by atoms with van der Waals surface area (Å²) in [5.74, 6) is 2.42. The quantitative estimate of drug-likeness (QED) is 0.570. The zero-order valence-electron chi connectivity index (χ0n) is 11.0. The lowest BCUT2D eigenvalue weighted by atomic mass is 9.81. The molecule has 0 heterocycles. The second-order valence-electron chi connectivity index (χ2n) is 5.48. The van der Waals surface area contributed by atoms with Crippen LogP contribution in [0.3, 0.4) is 0 Å². The number of nitrogens with two attached hydrogens (primary N) is 1. The lowest BCUT2D eigenvalue weighted by Crippen LogP contribution is -2.36. The van der Waals surface area contributed by atoms with Crippen LogP contribution in [0.25, 0.3) is 0 Å². The Hall–Kier alpha value is -0.730. The van der Waals surface area contributed by atoms with Crippen LogP contribution in [0.15, 0.2) is 4.99 Å². The molecule has 0 saturated heterocycles. The van der Waals surface area contributed by atoms with Gasteiger partial charge in [0.25, 0.3) is 0 Å². The summed E-state index contributed by atoms with van der Waals surface area (Å²) in [6, 6.07) is 0.374. The van der Waals surface area contributed by atoms with Crippen molar-refractivity contribution in [3.8, 4) is 0 Å². The van der Waals surface area contributed by atoms with Gasteiger partial charge in [-0.15, -0.1) is 0 Å². The highest BCUT2D eigenvalue weighted by Gasteiger charge is 2.17. The second kappa shape index (κ2) is 6.77. The standard InChI is InChI=1S/C13H27N3/c1-10(2)16-13(14)15-9-8-12-6-4-11(3)5-7-12/h10-12H,4-9H2,1-3H3,(H3,14,15,16). The Bertz CT molecular complexity index is 215. The third kappa shape index (κ3) is 5.38. The molecule has 0 spiro atoms. The Morgan fingerprint density at radius 1 is 1.31 bits per heavy atom. The molecule has 1 rings (SSSR count). The van der Waals surface area contributed by atoms with Gasteiger partial charge in [-0.3, -0.25) is 4.99 Å². The second-order valence-corrected chi connectivity index (χ2v) is 5.48. The predicted molar refractivity (Wildman–Crippen MR) is 70.5 cm³/mol. The molecule has 94 valence electrons. The zero-order valence-corrected chi connectivity index (χ0v) is 11.0. The highest BCUT2D eigenvalue weighted by molar-refractivity contribution is 5.77. The first kappa shape index (κ1) is 13.3. The Morgan fingerprint density at radius 2 is 1.94 bits per heavy atom. The van der Waals surface area contributed by atoms with Gasteiger partial charge in [0, 0.05) is 12.6 Å². The molecule has 3 N–H and O–H groups in total. The Labute approximate surface area is 99.9 Å². The van der Waals surface area contributed by atoms with E-state index in [1.807, 2.05) is 0 Å². The minimum atomic E-state index is 0.374. The highest BCUT2D eigenvalue weighted by atomic mass is 15.1. The molecule has 0 aromatic heterocycles. The summed E-state index contributed by atoms with van der Waals surface area (Å²) in [6.45, 7) is 7.39. The van der Waals surface area contributed by atoms with Crippen LogP contribution < -0.4 is 11.1 Å². The molecular formula is C13H27N3. The molecule has 0 aromatic rings. The summed E-state index contributed by atoms with van der Waals surface area (Å²) >= 11 is 0. The lowest BCUT2D eigenvalue weighted by Gasteiger charge is -2.25. The van der Waals surface area contributed by atoms with Gasteiger partial charge in [0.2, 0.25) is 0 Å². The molecule has 1 fully saturated rings. The van der Waals surface area contributed by atoms with Crippen molar-refractivity contribution in [2.75, 3.05) is 6.54 Å². The van der Waals surface area contributed by atoms with Crippen LogP contribution in [-0.4, -0.2) is 18.5 Å². The van der Waals surface area contributed by atoms with E-state index in [1.54, 1.807) is 0 Å². The van der Waals surface area contributed by atoms with Crippen molar-refractivity contribution >= 4 is 5.96 Å². The summed E-state index contributed by atoms with van der Waals surface area (Å²) in [4.78, 5) is 4.36. The van der Waals surface area contributed by atoms with Crippen LogP contribution in [0, 0.1) is 11.8 Å². The molecule has 0 atom stereocenters. The van der Waals surface area contributed by atoms with Crippen molar-refractivity contribution in [1.29, 1.82) is 0 Å². The van der Waals surface area contributed by atoms with E-state index in [-0.39, 0.29) is 0 Å². The van der Waals surface area contributed by atoms with Crippen LogP contribution in [-0.2, 0) is 0 Å². The summed E-state index contributed by atoms with van der Waals surface area (Å²) in [7, 11) is 0. The van der Waals surface area contributed by atoms with Gasteiger partial charge in [-0.1, -0.05) is 32.6 Å². The fourth-order valence-corrected chi connectivity index (χ4v) is 2.33. The summed E-state index contributed by atoms with van der Waals surface area (Å²) in [6.07, 6.45) is 6.76. The smallest absolute Gasteiger partial charge is 0.188 e. The number of hydrogen-bond acceptors (Lipinski definition) is 1. The molecule has 3 heteroatoms.